The normalized spacial score (nSPS) is 9.33. The van der Waals surface area contributed by atoms with E-state index in [1.807, 2.05) is 0 Å². The molecule has 0 spiro atoms. The summed E-state index contributed by atoms with van der Waals surface area (Å²) in [5.41, 5.74) is 0. The van der Waals surface area contributed by atoms with Crippen LogP contribution >= 0.6 is 9.12 Å². The third-order valence-electron chi connectivity index (χ3n) is 0.744. The van der Waals surface area contributed by atoms with Gasteiger partial charge in [-0.1, -0.05) is 26.1 Å². The zero-order valence-electron chi connectivity index (χ0n) is 4.57. The molecular formula is C4H12BP. The predicted octanol–water partition coefficient (Wildman–Crippen LogP) is 1.29. The molecule has 0 aromatic heterocycles. The van der Waals surface area contributed by atoms with Crippen molar-refractivity contribution in [2.75, 3.05) is 0 Å². The Bertz CT molecular complexity index is 28.7. The summed E-state index contributed by atoms with van der Waals surface area (Å²) in [6.45, 7) is 5.73. The molecule has 36 valence electrons. The Hall–Kier alpha value is 0.495. The Balaban J connectivity index is 2.63. The fraction of sp³-hybridized carbons (Fsp3) is 1.00. The molecular weight excluding hydrogens is 89.8 g/mol. The van der Waals surface area contributed by atoms with Gasteiger partial charge in [-0.25, -0.2) is 0 Å². The fourth-order valence-corrected chi connectivity index (χ4v) is 1.00. The lowest BCUT2D eigenvalue weighted by Gasteiger charge is -1.94. The molecule has 0 saturated heterocycles. The maximum atomic E-state index is 2.72. The Morgan fingerprint density at radius 3 is 2.17 bits per heavy atom. The Morgan fingerprint density at radius 1 is 1.67 bits per heavy atom. The van der Waals surface area contributed by atoms with Gasteiger partial charge < -0.3 is 0 Å². The molecule has 2 heteroatoms. The van der Waals surface area contributed by atoms with Gasteiger partial charge in [0.25, 0.3) is 0 Å². The summed E-state index contributed by atoms with van der Waals surface area (Å²) < 4.78 is 0. The molecule has 0 N–H and O–H groups in total. The van der Waals surface area contributed by atoms with E-state index < -0.39 is 0 Å². The monoisotopic (exact) mass is 102 g/mol. The van der Waals surface area contributed by atoms with Crippen molar-refractivity contribution in [3.8, 4) is 0 Å². The summed E-state index contributed by atoms with van der Waals surface area (Å²) in [4.78, 5) is 0. The van der Waals surface area contributed by atoms with Crippen molar-refractivity contribution in [1.82, 2.24) is 0 Å². The van der Waals surface area contributed by atoms with Gasteiger partial charge in [0, 0.05) is 0 Å². The van der Waals surface area contributed by atoms with E-state index in [0.717, 1.165) is 5.92 Å². The van der Waals surface area contributed by atoms with E-state index in [9.17, 15) is 0 Å². The maximum Gasteiger partial charge on any atom is 0.145 e. The quantitative estimate of drug-likeness (QED) is 0.364. The van der Waals surface area contributed by atoms with Gasteiger partial charge >= 0.3 is 0 Å². The van der Waals surface area contributed by atoms with E-state index in [1.165, 1.54) is 13.3 Å². The maximum absolute atomic E-state index is 2.72. The molecule has 6 heavy (non-hydrogen) atoms. The molecule has 0 bridgehead atoms. The highest BCUT2D eigenvalue weighted by molar-refractivity contribution is 7.55. The third-order valence-corrected chi connectivity index (χ3v) is 1.08. The molecule has 0 saturated carbocycles. The van der Waals surface area contributed by atoms with Gasteiger partial charge in [0.05, 0.1) is 0 Å². The highest BCUT2D eigenvalue weighted by atomic mass is 31.0. The van der Waals surface area contributed by atoms with Crippen LogP contribution in [0.4, 0.5) is 0 Å². The van der Waals surface area contributed by atoms with Crippen LogP contribution in [0, 0.1) is 5.92 Å². The molecule has 0 rings (SSSR count). The van der Waals surface area contributed by atoms with Crippen LogP contribution in [-0.4, -0.2) is 7.00 Å². The average Bonchev–Trinajstić information content (AvgIpc) is 1.35. The van der Waals surface area contributed by atoms with Gasteiger partial charge in [0.1, 0.15) is 7.00 Å². The van der Waals surface area contributed by atoms with Crippen LogP contribution in [0.1, 0.15) is 13.8 Å². The number of hydrogen-bond acceptors (Lipinski definition) is 0. The second kappa shape index (κ2) is 3.68. The zero-order valence-corrected chi connectivity index (χ0v) is 5.72. The van der Waals surface area contributed by atoms with Crippen LogP contribution < -0.4 is 0 Å². The number of hydrogen-bond donors (Lipinski definition) is 0. The Kier molecular flexibility index (Phi) is 3.98. The van der Waals surface area contributed by atoms with E-state index in [2.05, 4.69) is 23.0 Å². The van der Waals surface area contributed by atoms with Crippen molar-refractivity contribution in [3.05, 3.63) is 0 Å². The molecule has 0 nitrogen and oxygen atoms in total. The van der Waals surface area contributed by atoms with Crippen LogP contribution in [0.3, 0.4) is 0 Å². The Morgan fingerprint density at radius 2 is 2.17 bits per heavy atom. The first-order valence-electron chi connectivity index (χ1n) is 2.47. The summed E-state index contributed by atoms with van der Waals surface area (Å²) in [6, 6.07) is 0. The predicted molar refractivity (Wildman–Crippen MR) is 36.5 cm³/mol. The molecule has 0 heterocycles. The third kappa shape index (κ3) is 4.49. The summed E-state index contributed by atoms with van der Waals surface area (Å²) in [7, 11) is 2.72. The van der Waals surface area contributed by atoms with Crippen LogP contribution in [0.25, 0.3) is 0 Å². The SMILES string of the molecule is CC(C)CBP. The van der Waals surface area contributed by atoms with Crippen molar-refractivity contribution in [1.29, 1.82) is 0 Å². The highest BCUT2D eigenvalue weighted by Gasteiger charge is 1.87. The lowest BCUT2D eigenvalue weighted by molar-refractivity contribution is 0.734. The van der Waals surface area contributed by atoms with Gasteiger partial charge in [-0.2, -0.15) is 9.12 Å². The van der Waals surface area contributed by atoms with Gasteiger partial charge in [0.2, 0.25) is 0 Å². The minimum Gasteiger partial charge on any atom is -0.175 e. The largest absolute Gasteiger partial charge is 0.175 e. The van der Waals surface area contributed by atoms with Gasteiger partial charge in [-0.3, -0.25) is 0 Å². The van der Waals surface area contributed by atoms with Gasteiger partial charge in [-0.15, -0.1) is 0 Å². The molecule has 0 aromatic carbocycles. The molecule has 0 aliphatic carbocycles. The van der Waals surface area contributed by atoms with Crippen LogP contribution in [0.2, 0.25) is 6.32 Å². The average molecular weight is 102 g/mol. The van der Waals surface area contributed by atoms with Crippen molar-refractivity contribution in [2.45, 2.75) is 20.2 Å². The molecule has 0 aromatic rings. The molecule has 1 atom stereocenters. The van der Waals surface area contributed by atoms with Gasteiger partial charge in [-0.05, 0) is 0 Å². The van der Waals surface area contributed by atoms with Crippen molar-refractivity contribution in [2.24, 2.45) is 5.92 Å². The lowest BCUT2D eigenvalue weighted by atomic mass is 9.93. The van der Waals surface area contributed by atoms with E-state index in [4.69, 9.17) is 0 Å². The van der Waals surface area contributed by atoms with Crippen molar-refractivity contribution < 1.29 is 0 Å². The van der Waals surface area contributed by atoms with Crippen LogP contribution in [0.15, 0.2) is 0 Å². The zero-order chi connectivity index (χ0) is 4.99. The second-order valence-corrected chi connectivity index (χ2v) is 2.55. The van der Waals surface area contributed by atoms with Crippen LogP contribution in [0.5, 0.6) is 0 Å². The Labute approximate surface area is 43.1 Å². The number of rotatable bonds is 2. The van der Waals surface area contributed by atoms with E-state index >= 15 is 0 Å². The first-order chi connectivity index (χ1) is 2.77. The van der Waals surface area contributed by atoms with E-state index in [1.54, 1.807) is 0 Å². The van der Waals surface area contributed by atoms with E-state index in [-0.39, 0.29) is 0 Å². The van der Waals surface area contributed by atoms with Crippen LogP contribution in [-0.2, 0) is 0 Å². The summed E-state index contributed by atoms with van der Waals surface area (Å²) >= 11 is 0. The fourth-order valence-electron chi connectivity index (χ4n) is 0.333. The van der Waals surface area contributed by atoms with Crippen molar-refractivity contribution in [3.63, 3.8) is 0 Å². The first-order valence-corrected chi connectivity index (χ1v) is 3.29. The molecule has 0 amide bonds. The van der Waals surface area contributed by atoms with Gasteiger partial charge in [0.15, 0.2) is 0 Å². The minimum atomic E-state index is 0.877. The molecule has 0 fully saturated rings. The molecule has 1 unspecified atom stereocenters. The summed E-state index contributed by atoms with van der Waals surface area (Å²) in [6.07, 6.45) is 1.34. The standard InChI is InChI=1S/C4H12BP/c1-4(2)3-5-6/h4-5H,3,6H2,1-2H3. The molecule has 0 radical (unpaired) electrons. The highest BCUT2D eigenvalue weighted by Crippen LogP contribution is 1.99. The second-order valence-electron chi connectivity index (χ2n) is 1.97. The van der Waals surface area contributed by atoms with Crippen molar-refractivity contribution >= 4 is 16.1 Å². The summed E-state index contributed by atoms with van der Waals surface area (Å²) in [5.74, 6) is 0.877. The van der Waals surface area contributed by atoms with E-state index in [0.29, 0.717) is 0 Å². The topological polar surface area (TPSA) is 0 Å². The molecule has 0 aliphatic rings. The lowest BCUT2D eigenvalue weighted by Crippen LogP contribution is -1.86. The summed E-state index contributed by atoms with van der Waals surface area (Å²) in [5, 5.41) is 0. The smallest absolute Gasteiger partial charge is 0.145 e. The minimum absolute atomic E-state index is 0.877. The first kappa shape index (κ1) is 6.49. The molecule has 0 aliphatic heterocycles.